The first-order chi connectivity index (χ1) is 6.69. The van der Waals surface area contributed by atoms with Gasteiger partial charge in [0.25, 0.3) is 0 Å². The molecule has 0 fully saturated rings. The van der Waals surface area contributed by atoms with Crippen molar-refractivity contribution in [3.05, 3.63) is 17.0 Å². The lowest BCUT2D eigenvalue weighted by Gasteiger charge is -2.02. The van der Waals surface area contributed by atoms with Gasteiger partial charge in [-0.15, -0.1) is 22.9 Å². The van der Waals surface area contributed by atoms with Crippen molar-refractivity contribution in [3.8, 4) is 0 Å². The van der Waals surface area contributed by atoms with Crippen molar-refractivity contribution in [3.63, 3.8) is 0 Å². The third-order valence-corrected chi connectivity index (χ3v) is 2.50. The summed E-state index contributed by atoms with van der Waals surface area (Å²) in [4.78, 5) is 11.0. The molecule has 0 saturated carbocycles. The molecule has 1 heterocycles. The molecule has 1 rings (SSSR count). The average molecular weight is 234 g/mol. The minimum atomic E-state index is -0.332. The molecule has 0 aliphatic rings. The normalized spacial score (nSPS) is 11.4. The highest BCUT2D eigenvalue weighted by molar-refractivity contribution is 7.14. The summed E-state index contributed by atoms with van der Waals surface area (Å²) in [5.74, 6) is -0.509. The highest BCUT2D eigenvalue weighted by Crippen LogP contribution is 2.22. The Morgan fingerprint density at radius 1 is 1.79 bits per heavy atom. The zero-order valence-corrected chi connectivity index (χ0v) is 8.60. The molecule has 0 aliphatic carbocycles. The van der Waals surface area contributed by atoms with Crippen LogP contribution in [0.2, 0.25) is 0 Å². The van der Waals surface area contributed by atoms with Crippen LogP contribution in [0.15, 0.2) is 16.6 Å². The number of hydrogen-bond donors (Lipinski definition) is 3. The topological polar surface area (TPSA) is 87.7 Å². The summed E-state index contributed by atoms with van der Waals surface area (Å²) >= 11 is 6.59. The fraction of sp³-hybridized carbons (Fsp3) is 0.143. The zero-order valence-electron chi connectivity index (χ0n) is 7.03. The number of nitrogens with zero attached hydrogens (tertiary/aromatic N) is 1. The molecule has 1 aromatic heterocycles. The van der Waals surface area contributed by atoms with E-state index in [9.17, 15) is 4.79 Å². The zero-order chi connectivity index (χ0) is 10.6. The number of carbonyl (C=O) groups excluding carboxylic acids is 1. The van der Waals surface area contributed by atoms with E-state index in [2.05, 4.69) is 10.5 Å². The summed E-state index contributed by atoms with van der Waals surface area (Å²) < 4.78 is 0. The summed E-state index contributed by atoms with van der Waals surface area (Å²) in [6, 6.07) is 1.64. The first-order valence-corrected chi connectivity index (χ1v) is 5.01. The molecule has 0 saturated heterocycles. The number of hydrogen-bond acceptors (Lipinski definition) is 4. The summed E-state index contributed by atoms with van der Waals surface area (Å²) in [6.07, 6.45) is 0. The molecule has 76 valence electrons. The van der Waals surface area contributed by atoms with Crippen molar-refractivity contribution >= 4 is 39.7 Å². The standard InChI is InChI=1S/C7H8ClN3O2S/c8-3-5(12)10-7-4(1-2-14-7)6(9)11-13/h1-2,13H,3H2,(H2,9,11)(H,10,12). The van der Waals surface area contributed by atoms with Crippen LogP contribution in [0.4, 0.5) is 5.00 Å². The number of amidine groups is 1. The molecule has 1 aromatic rings. The van der Waals surface area contributed by atoms with Crippen molar-refractivity contribution in [2.45, 2.75) is 0 Å². The highest BCUT2D eigenvalue weighted by Gasteiger charge is 2.10. The molecule has 0 radical (unpaired) electrons. The van der Waals surface area contributed by atoms with Crippen LogP contribution in [-0.4, -0.2) is 22.8 Å². The number of amides is 1. The number of nitrogens with two attached hydrogens (primary N) is 1. The van der Waals surface area contributed by atoms with Gasteiger partial charge in [-0.25, -0.2) is 0 Å². The van der Waals surface area contributed by atoms with Crippen molar-refractivity contribution < 1.29 is 10.0 Å². The summed E-state index contributed by atoms with van der Waals surface area (Å²) in [6.45, 7) is 0. The average Bonchev–Trinajstić information content (AvgIpc) is 2.64. The van der Waals surface area contributed by atoms with Gasteiger partial charge < -0.3 is 16.3 Å². The van der Waals surface area contributed by atoms with Crippen molar-refractivity contribution in [1.29, 1.82) is 0 Å². The van der Waals surface area contributed by atoms with Crippen LogP contribution >= 0.6 is 22.9 Å². The second-order valence-corrected chi connectivity index (χ2v) is 3.51. The first kappa shape index (κ1) is 10.8. The van der Waals surface area contributed by atoms with Crippen molar-refractivity contribution in [2.24, 2.45) is 10.9 Å². The number of nitrogens with one attached hydrogen (secondary N) is 1. The van der Waals surface area contributed by atoms with Gasteiger partial charge in [-0.2, -0.15) is 0 Å². The van der Waals surface area contributed by atoms with Crippen LogP contribution < -0.4 is 11.1 Å². The van der Waals surface area contributed by atoms with E-state index < -0.39 is 0 Å². The number of oxime groups is 1. The van der Waals surface area contributed by atoms with Crippen LogP contribution in [0.25, 0.3) is 0 Å². The lowest BCUT2D eigenvalue weighted by Crippen LogP contribution is -2.17. The van der Waals surface area contributed by atoms with Gasteiger partial charge in [-0.3, -0.25) is 4.79 Å². The van der Waals surface area contributed by atoms with E-state index >= 15 is 0 Å². The van der Waals surface area contributed by atoms with Crippen LogP contribution in [0.5, 0.6) is 0 Å². The van der Waals surface area contributed by atoms with Gasteiger partial charge in [0.2, 0.25) is 5.91 Å². The van der Waals surface area contributed by atoms with Gasteiger partial charge in [-0.05, 0) is 11.4 Å². The van der Waals surface area contributed by atoms with E-state index in [0.29, 0.717) is 10.6 Å². The Morgan fingerprint density at radius 3 is 3.07 bits per heavy atom. The molecule has 4 N–H and O–H groups in total. The third kappa shape index (κ3) is 2.36. The molecular weight excluding hydrogens is 226 g/mol. The minimum absolute atomic E-state index is 0.0453. The quantitative estimate of drug-likeness (QED) is 0.239. The van der Waals surface area contributed by atoms with Crippen molar-refractivity contribution in [2.75, 3.05) is 11.2 Å². The van der Waals surface area contributed by atoms with Crippen LogP contribution in [-0.2, 0) is 4.79 Å². The number of carbonyl (C=O) groups is 1. The largest absolute Gasteiger partial charge is 0.409 e. The van der Waals surface area contributed by atoms with E-state index in [4.69, 9.17) is 22.5 Å². The summed E-state index contributed by atoms with van der Waals surface area (Å²) in [7, 11) is 0. The number of rotatable bonds is 3. The lowest BCUT2D eigenvalue weighted by molar-refractivity contribution is -0.113. The van der Waals surface area contributed by atoms with Crippen LogP contribution in [0.3, 0.4) is 0 Å². The Bertz CT molecular complexity index is 364. The predicted octanol–water partition coefficient (Wildman–Crippen LogP) is 1.02. The van der Waals surface area contributed by atoms with E-state index in [-0.39, 0.29) is 17.6 Å². The molecule has 0 aliphatic heterocycles. The fourth-order valence-corrected chi connectivity index (χ4v) is 1.70. The summed E-state index contributed by atoms with van der Waals surface area (Å²) in [5.41, 5.74) is 5.86. The Morgan fingerprint density at radius 2 is 2.50 bits per heavy atom. The SMILES string of the molecule is NC(=NO)c1ccsc1NC(=O)CCl. The van der Waals surface area contributed by atoms with Gasteiger partial charge in [0.15, 0.2) is 5.84 Å². The molecule has 1 amide bonds. The lowest BCUT2D eigenvalue weighted by atomic mass is 10.3. The number of thiophene rings is 1. The van der Waals surface area contributed by atoms with E-state index in [1.54, 1.807) is 11.4 Å². The predicted molar refractivity (Wildman–Crippen MR) is 56.2 cm³/mol. The Hall–Kier alpha value is -1.27. The van der Waals surface area contributed by atoms with Gasteiger partial charge >= 0.3 is 0 Å². The second-order valence-electron chi connectivity index (χ2n) is 2.33. The number of halogens is 1. The van der Waals surface area contributed by atoms with Gasteiger partial charge in [0.05, 0.1) is 5.56 Å². The monoisotopic (exact) mass is 233 g/mol. The molecule has 5 nitrogen and oxygen atoms in total. The molecule has 7 heteroatoms. The molecule has 0 unspecified atom stereocenters. The Balaban J connectivity index is 2.88. The van der Waals surface area contributed by atoms with E-state index in [1.165, 1.54) is 11.3 Å². The van der Waals surface area contributed by atoms with Crippen LogP contribution in [0.1, 0.15) is 5.56 Å². The maximum Gasteiger partial charge on any atom is 0.239 e. The molecule has 0 atom stereocenters. The summed E-state index contributed by atoms with van der Waals surface area (Å²) in [5, 5.41) is 16.1. The Labute approximate surface area is 89.2 Å². The maximum absolute atomic E-state index is 11.0. The third-order valence-electron chi connectivity index (χ3n) is 1.42. The van der Waals surface area contributed by atoms with Gasteiger partial charge in [-0.1, -0.05) is 5.16 Å². The van der Waals surface area contributed by atoms with E-state index in [0.717, 1.165) is 0 Å². The molecule has 0 aromatic carbocycles. The molecular formula is C7H8ClN3O2S. The Kier molecular flexibility index (Phi) is 3.73. The number of alkyl halides is 1. The van der Waals surface area contributed by atoms with E-state index in [1.807, 2.05) is 0 Å². The minimum Gasteiger partial charge on any atom is -0.409 e. The molecule has 14 heavy (non-hydrogen) atoms. The smallest absolute Gasteiger partial charge is 0.239 e. The number of anilines is 1. The molecule has 0 spiro atoms. The van der Waals surface area contributed by atoms with Gasteiger partial charge in [0.1, 0.15) is 10.9 Å². The maximum atomic E-state index is 11.0. The highest BCUT2D eigenvalue weighted by atomic mass is 35.5. The fourth-order valence-electron chi connectivity index (χ4n) is 0.822. The van der Waals surface area contributed by atoms with Crippen molar-refractivity contribution in [1.82, 2.24) is 0 Å². The second kappa shape index (κ2) is 4.83. The molecule has 0 bridgehead atoms. The first-order valence-electron chi connectivity index (χ1n) is 3.60. The van der Waals surface area contributed by atoms with Gasteiger partial charge in [0, 0.05) is 0 Å². The van der Waals surface area contributed by atoms with Crippen LogP contribution in [0, 0.1) is 0 Å².